The molecule has 0 heterocycles. The lowest BCUT2D eigenvalue weighted by Gasteiger charge is -2.11. The van der Waals surface area contributed by atoms with Gasteiger partial charge in [0, 0.05) is 12.6 Å². The van der Waals surface area contributed by atoms with Crippen molar-refractivity contribution in [3.63, 3.8) is 0 Å². The average molecular weight is 353 g/mol. The summed E-state index contributed by atoms with van der Waals surface area (Å²) < 4.78 is 6.75. The van der Waals surface area contributed by atoms with Crippen molar-refractivity contribution >= 4 is 27.5 Å². The largest absolute Gasteiger partial charge is 0.455 e. The third kappa shape index (κ3) is 3.54. The van der Waals surface area contributed by atoms with Crippen molar-refractivity contribution in [2.75, 3.05) is 0 Å². The molecule has 1 aliphatic rings. The van der Waals surface area contributed by atoms with Gasteiger partial charge < -0.3 is 10.1 Å². The Morgan fingerprint density at radius 3 is 2.65 bits per heavy atom. The SMILES string of the molecule is Clc1cc(CNC2CC2)ccc1Oc1ccccc1Br. The van der Waals surface area contributed by atoms with Crippen LogP contribution in [0.3, 0.4) is 0 Å². The van der Waals surface area contributed by atoms with Crippen LogP contribution < -0.4 is 10.1 Å². The van der Waals surface area contributed by atoms with Gasteiger partial charge in [-0.25, -0.2) is 0 Å². The number of halogens is 2. The van der Waals surface area contributed by atoms with Crippen molar-refractivity contribution in [2.24, 2.45) is 0 Å². The molecule has 0 atom stereocenters. The van der Waals surface area contributed by atoms with E-state index in [1.165, 1.54) is 18.4 Å². The molecule has 0 unspecified atom stereocenters. The summed E-state index contributed by atoms with van der Waals surface area (Å²) >= 11 is 9.76. The number of nitrogens with one attached hydrogen (secondary N) is 1. The first kappa shape index (κ1) is 13.9. The number of rotatable bonds is 5. The third-order valence-electron chi connectivity index (χ3n) is 3.23. The van der Waals surface area contributed by atoms with E-state index < -0.39 is 0 Å². The number of para-hydroxylation sites is 1. The zero-order valence-electron chi connectivity index (χ0n) is 10.9. The number of benzene rings is 2. The predicted molar refractivity (Wildman–Crippen MR) is 85.5 cm³/mol. The Morgan fingerprint density at radius 1 is 1.15 bits per heavy atom. The summed E-state index contributed by atoms with van der Waals surface area (Å²) in [5, 5.41) is 4.11. The molecule has 2 aromatic rings. The van der Waals surface area contributed by atoms with Crippen LogP contribution in [0.4, 0.5) is 0 Å². The fourth-order valence-electron chi connectivity index (χ4n) is 1.93. The van der Waals surface area contributed by atoms with Gasteiger partial charge in [0.15, 0.2) is 0 Å². The molecule has 1 fully saturated rings. The van der Waals surface area contributed by atoms with Crippen LogP contribution in [0.5, 0.6) is 11.5 Å². The first-order chi connectivity index (χ1) is 9.72. The molecule has 0 spiro atoms. The summed E-state index contributed by atoms with van der Waals surface area (Å²) in [6, 6.07) is 14.4. The highest BCUT2D eigenvalue weighted by Crippen LogP contribution is 2.34. The van der Waals surface area contributed by atoms with Crippen LogP contribution in [0.25, 0.3) is 0 Å². The standard InChI is InChI=1S/C16H15BrClNO/c17-13-3-1-2-4-15(13)20-16-8-5-11(9-14(16)18)10-19-12-6-7-12/h1-5,8-9,12,19H,6-7,10H2. The molecular weight excluding hydrogens is 338 g/mol. The molecule has 1 N–H and O–H groups in total. The summed E-state index contributed by atoms with van der Waals surface area (Å²) in [6.07, 6.45) is 2.58. The number of ether oxygens (including phenoxy) is 1. The summed E-state index contributed by atoms with van der Waals surface area (Å²) in [7, 11) is 0. The maximum Gasteiger partial charge on any atom is 0.146 e. The predicted octanol–water partition coefficient (Wildman–Crippen LogP) is 5.15. The van der Waals surface area contributed by atoms with Gasteiger partial charge in [-0.15, -0.1) is 0 Å². The molecule has 0 radical (unpaired) electrons. The minimum absolute atomic E-state index is 0.635. The van der Waals surface area contributed by atoms with Crippen LogP contribution in [0.15, 0.2) is 46.9 Å². The van der Waals surface area contributed by atoms with Gasteiger partial charge in [-0.05, 0) is 58.6 Å². The van der Waals surface area contributed by atoms with Crippen molar-refractivity contribution in [1.82, 2.24) is 5.32 Å². The highest BCUT2D eigenvalue weighted by Gasteiger charge is 2.20. The second kappa shape index (κ2) is 6.17. The number of hydrogen-bond donors (Lipinski definition) is 1. The van der Waals surface area contributed by atoms with Crippen LogP contribution >= 0.6 is 27.5 Å². The maximum atomic E-state index is 6.29. The van der Waals surface area contributed by atoms with Gasteiger partial charge >= 0.3 is 0 Å². The van der Waals surface area contributed by atoms with E-state index in [0.29, 0.717) is 16.8 Å². The lowest BCUT2D eigenvalue weighted by molar-refractivity contribution is 0.479. The summed E-state index contributed by atoms with van der Waals surface area (Å²) in [6.45, 7) is 0.861. The second-order valence-corrected chi connectivity index (χ2v) is 6.21. The Balaban J connectivity index is 1.71. The highest BCUT2D eigenvalue weighted by molar-refractivity contribution is 9.10. The molecule has 0 amide bonds. The smallest absolute Gasteiger partial charge is 0.146 e. The molecular formula is C16H15BrClNO. The zero-order chi connectivity index (χ0) is 13.9. The van der Waals surface area contributed by atoms with Crippen molar-refractivity contribution in [1.29, 1.82) is 0 Å². The fourth-order valence-corrected chi connectivity index (χ4v) is 2.54. The van der Waals surface area contributed by atoms with E-state index >= 15 is 0 Å². The number of hydrogen-bond acceptors (Lipinski definition) is 2. The van der Waals surface area contributed by atoms with E-state index in [-0.39, 0.29) is 0 Å². The molecule has 1 aliphatic carbocycles. The Kier molecular flexibility index (Phi) is 4.29. The highest BCUT2D eigenvalue weighted by atomic mass is 79.9. The zero-order valence-corrected chi connectivity index (χ0v) is 13.2. The first-order valence-corrected chi connectivity index (χ1v) is 7.83. The van der Waals surface area contributed by atoms with Gasteiger partial charge in [-0.1, -0.05) is 29.8 Å². The molecule has 0 aliphatic heterocycles. The molecule has 0 saturated heterocycles. The van der Waals surface area contributed by atoms with Gasteiger partial charge in [0.05, 0.1) is 9.50 Å². The maximum absolute atomic E-state index is 6.29. The Labute approximate surface area is 132 Å². The molecule has 0 aromatic heterocycles. The van der Waals surface area contributed by atoms with Crippen molar-refractivity contribution in [3.8, 4) is 11.5 Å². The molecule has 4 heteroatoms. The molecule has 1 saturated carbocycles. The van der Waals surface area contributed by atoms with E-state index in [0.717, 1.165) is 16.8 Å². The minimum Gasteiger partial charge on any atom is -0.455 e. The molecule has 0 bridgehead atoms. The molecule has 2 aromatic carbocycles. The second-order valence-electron chi connectivity index (χ2n) is 4.95. The van der Waals surface area contributed by atoms with Crippen molar-refractivity contribution in [3.05, 3.63) is 57.5 Å². The molecule has 104 valence electrons. The Morgan fingerprint density at radius 2 is 1.95 bits per heavy atom. The van der Waals surface area contributed by atoms with Crippen LogP contribution in [-0.2, 0) is 6.54 Å². The van der Waals surface area contributed by atoms with E-state index in [1.54, 1.807) is 0 Å². The van der Waals surface area contributed by atoms with Gasteiger partial charge in [-0.3, -0.25) is 0 Å². The van der Waals surface area contributed by atoms with Crippen LogP contribution in [0.1, 0.15) is 18.4 Å². The van der Waals surface area contributed by atoms with Crippen LogP contribution in [0.2, 0.25) is 5.02 Å². The minimum atomic E-state index is 0.635. The van der Waals surface area contributed by atoms with Crippen LogP contribution in [-0.4, -0.2) is 6.04 Å². The topological polar surface area (TPSA) is 21.3 Å². The third-order valence-corrected chi connectivity index (χ3v) is 4.18. The lowest BCUT2D eigenvalue weighted by Crippen LogP contribution is -2.15. The fraction of sp³-hybridized carbons (Fsp3) is 0.250. The van der Waals surface area contributed by atoms with Gasteiger partial charge in [-0.2, -0.15) is 0 Å². The van der Waals surface area contributed by atoms with E-state index in [4.69, 9.17) is 16.3 Å². The Bertz CT molecular complexity index is 613. The first-order valence-electron chi connectivity index (χ1n) is 6.66. The quantitative estimate of drug-likeness (QED) is 0.804. The Hall–Kier alpha value is -1.03. The van der Waals surface area contributed by atoms with Gasteiger partial charge in [0.2, 0.25) is 0 Å². The van der Waals surface area contributed by atoms with E-state index in [2.05, 4.69) is 21.2 Å². The molecule has 3 rings (SSSR count). The summed E-state index contributed by atoms with van der Waals surface area (Å²) in [4.78, 5) is 0. The van der Waals surface area contributed by atoms with Crippen molar-refractivity contribution < 1.29 is 4.74 Å². The summed E-state index contributed by atoms with van der Waals surface area (Å²) in [5.74, 6) is 1.44. The van der Waals surface area contributed by atoms with E-state index in [9.17, 15) is 0 Å². The van der Waals surface area contributed by atoms with Gasteiger partial charge in [0.1, 0.15) is 11.5 Å². The van der Waals surface area contributed by atoms with Gasteiger partial charge in [0.25, 0.3) is 0 Å². The molecule has 20 heavy (non-hydrogen) atoms. The monoisotopic (exact) mass is 351 g/mol. The molecule has 2 nitrogen and oxygen atoms in total. The normalized spacial score (nSPS) is 14.3. The van der Waals surface area contributed by atoms with E-state index in [1.807, 2.05) is 42.5 Å². The lowest BCUT2D eigenvalue weighted by atomic mass is 10.2. The van der Waals surface area contributed by atoms with Crippen LogP contribution in [0, 0.1) is 0 Å². The average Bonchev–Trinajstić information content (AvgIpc) is 3.26. The summed E-state index contributed by atoms with van der Waals surface area (Å²) in [5.41, 5.74) is 1.18. The van der Waals surface area contributed by atoms with Crippen molar-refractivity contribution in [2.45, 2.75) is 25.4 Å².